The average molecular weight is 373 g/mol. The van der Waals surface area contributed by atoms with Crippen molar-refractivity contribution < 1.29 is 9.53 Å². The number of carbonyl (C=O) groups is 1. The molecule has 0 saturated heterocycles. The lowest BCUT2D eigenvalue weighted by Gasteiger charge is -2.22. The van der Waals surface area contributed by atoms with Gasteiger partial charge in [0, 0.05) is 36.1 Å². The molecule has 2 aromatic heterocycles. The van der Waals surface area contributed by atoms with Crippen LogP contribution in [0, 0.1) is 0 Å². The summed E-state index contributed by atoms with van der Waals surface area (Å²) in [6.07, 6.45) is 4.66. The molecule has 1 atom stereocenters. The number of rotatable bonds is 5. The molecule has 0 spiro atoms. The molecule has 3 heterocycles. The van der Waals surface area contributed by atoms with E-state index in [1.807, 2.05) is 40.0 Å². The minimum Gasteiger partial charge on any atom is -0.444 e. The molecule has 0 aliphatic carbocycles. The first-order valence-electron chi connectivity index (χ1n) is 9.03. The quantitative estimate of drug-likeness (QED) is 0.629. The Balaban J connectivity index is 1.68. The molecular weight excluding hydrogens is 346 g/mol. The molecule has 146 valence electrons. The first-order chi connectivity index (χ1) is 12.7. The summed E-state index contributed by atoms with van der Waals surface area (Å²) >= 11 is 0. The Labute approximate surface area is 158 Å². The van der Waals surface area contributed by atoms with Crippen LogP contribution < -0.4 is 21.9 Å². The molecule has 0 aromatic carbocycles. The van der Waals surface area contributed by atoms with E-state index in [1.54, 1.807) is 10.7 Å². The Morgan fingerprint density at radius 2 is 2.26 bits per heavy atom. The summed E-state index contributed by atoms with van der Waals surface area (Å²) < 4.78 is 6.92. The second kappa shape index (κ2) is 7.43. The van der Waals surface area contributed by atoms with Gasteiger partial charge < -0.3 is 21.2 Å². The number of aryl methyl sites for hydroxylation is 1. The van der Waals surface area contributed by atoms with Gasteiger partial charge in [-0.3, -0.25) is 0 Å². The van der Waals surface area contributed by atoms with Crippen LogP contribution in [-0.4, -0.2) is 38.9 Å². The van der Waals surface area contributed by atoms with E-state index in [1.165, 1.54) is 0 Å². The van der Waals surface area contributed by atoms with Crippen LogP contribution in [0.15, 0.2) is 18.5 Å². The van der Waals surface area contributed by atoms with Gasteiger partial charge >= 0.3 is 6.09 Å². The average Bonchev–Trinajstić information content (AvgIpc) is 3.19. The summed E-state index contributed by atoms with van der Waals surface area (Å²) in [6.45, 7) is 8.16. The third kappa shape index (κ3) is 4.68. The van der Waals surface area contributed by atoms with Crippen LogP contribution >= 0.6 is 0 Å². The number of aromatic nitrogens is 3. The van der Waals surface area contributed by atoms with Crippen molar-refractivity contribution in [2.45, 2.75) is 52.2 Å². The van der Waals surface area contributed by atoms with Gasteiger partial charge in [-0.2, -0.15) is 9.61 Å². The number of anilines is 1. The van der Waals surface area contributed by atoms with Crippen LogP contribution in [0.25, 0.3) is 11.2 Å². The highest BCUT2D eigenvalue weighted by atomic mass is 16.6. The fourth-order valence-electron chi connectivity index (χ4n) is 2.85. The van der Waals surface area contributed by atoms with Crippen molar-refractivity contribution in [1.82, 2.24) is 30.8 Å². The van der Waals surface area contributed by atoms with Crippen LogP contribution in [0.3, 0.4) is 0 Å². The first kappa shape index (κ1) is 19.0. The molecule has 0 fully saturated rings. The molecule has 0 radical (unpaired) electrons. The van der Waals surface area contributed by atoms with E-state index < -0.39 is 11.7 Å². The summed E-state index contributed by atoms with van der Waals surface area (Å²) in [5.74, 6) is 0.536. The lowest BCUT2D eigenvalue weighted by atomic mass is 10.1. The lowest BCUT2D eigenvalue weighted by Crippen LogP contribution is -2.37. The molecular formula is C18H27N7O2. The second-order valence-corrected chi connectivity index (χ2v) is 7.72. The molecule has 1 unspecified atom stereocenters. The molecule has 0 bridgehead atoms. The van der Waals surface area contributed by atoms with E-state index in [0.717, 1.165) is 28.9 Å². The number of nitrogen functional groups attached to an aromatic ring is 1. The molecule has 9 heteroatoms. The van der Waals surface area contributed by atoms with Crippen molar-refractivity contribution >= 4 is 23.1 Å². The molecule has 1 aliphatic heterocycles. The monoisotopic (exact) mass is 373 g/mol. The Morgan fingerprint density at radius 3 is 2.93 bits per heavy atom. The predicted molar refractivity (Wildman–Crippen MR) is 104 cm³/mol. The van der Waals surface area contributed by atoms with Crippen LogP contribution in [0.4, 0.5) is 10.6 Å². The van der Waals surface area contributed by atoms with Gasteiger partial charge in [0.15, 0.2) is 5.65 Å². The third-order valence-electron chi connectivity index (χ3n) is 4.12. The first-order valence-corrected chi connectivity index (χ1v) is 9.03. The Kier molecular flexibility index (Phi) is 5.22. The molecule has 9 nitrogen and oxygen atoms in total. The zero-order chi connectivity index (χ0) is 19.6. The fraction of sp³-hybridized carbons (Fsp3) is 0.500. The molecule has 27 heavy (non-hydrogen) atoms. The smallest absolute Gasteiger partial charge is 0.407 e. The van der Waals surface area contributed by atoms with Gasteiger partial charge in [-0.25, -0.2) is 15.2 Å². The highest BCUT2D eigenvalue weighted by molar-refractivity contribution is 5.78. The van der Waals surface area contributed by atoms with E-state index in [0.29, 0.717) is 18.8 Å². The molecule has 1 aliphatic rings. The number of ether oxygens (including phenoxy) is 1. The number of nitrogens with one attached hydrogen (secondary N) is 3. The molecule has 0 saturated carbocycles. The largest absolute Gasteiger partial charge is 0.444 e. The third-order valence-corrected chi connectivity index (χ3v) is 4.12. The SMILES string of the molecule is CC(CCc1cc(N)n2ncc(C3=CNNC3)c2n1)NC(=O)OC(C)(C)C. The van der Waals surface area contributed by atoms with E-state index in [-0.39, 0.29) is 6.04 Å². The maximum absolute atomic E-state index is 11.9. The van der Waals surface area contributed by atoms with Gasteiger partial charge in [0.2, 0.25) is 0 Å². The van der Waals surface area contributed by atoms with Crippen LogP contribution in [0.1, 0.15) is 45.4 Å². The highest BCUT2D eigenvalue weighted by Crippen LogP contribution is 2.22. The standard InChI is InChI=1S/C18H27N7O2/c1-11(23-17(26)27-18(2,3)4)5-6-13-7-15(19)25-16(24-13)14(10-22-25)12-8-20-21-9-12/h7-8,10-11,20-21H,5-6,9,19H2,1-4H3,(H,23,26). The van der Waals surface area contributed by atoms with Gasteiger partial charge in [-0.05, 0) is 46.1 Å². The molecule has 1 amide bonds. The number of alkyl carbamates (subject to hydrolysis) is 1. The Hall–Kier alpha value is -2.81. The number of nitrogens with zero attached hydrogens (tertiary/aromatic N) is 3. The van der Waals surface area contributed by atoms with Gasteiger partial charge in [0.25, 0.3) is 0 Å². The summed E-state index contributed by atoms with van der Waals surface area (Å²) in [7, 11) is 0. The topological polar surface area (TPSA) is 119 Å². The molecule has 3 rings (SSSR count). The number of hydrogen-bond donors (Lipinski definition) is 4. The van der Waals surface area contributed by atoms with Crippen molar-refractivity contribution in [1.29, 1.82) is 0 Å². The summed E-state index contributed by atoms with van der Waals surface area (Å²) in [4.78, 5) is 16.6. The van der Waals surface area contributed by atoms with Crippen molar-refractivity contribution in [3.8, 4) is 0 Å². The van der Waals surface area contributed by atoms with Crippen molar-refractivity contribution in [2.24, 2.45) is 0 Å². The van der Waals surface area contributed by atoms with Gasteiger partial charge in [0.1, 0.15) is 11.4 Å². The van der Waals surface area contributed by atoms with Crippen molar-refractivity contribution in [3.05, 3.63) is 29.7 Å². The van der Waals surface area contributed by atoms with E-state index >= 15 is 0 Å². The highest BCUT2D eigenvalue weighted by Gasteiger charge is 2.19. The minimum absolute atomic E-state index is 0.0468. The van der Waals surface area contributed by atoms with Crippen molar-refractivity contribution in [3.63, 3.8) is 0 Å². The molecule has 2 aromatic rings. The van der Waals surface area contributed by atoms with Gasteiger partial charge in [-0.1, -0.05) is 0 Å². The van der Waals surface area contributed by atoms with Crippen molar-refractivity contribution in [2.75, 3.05) is 12.3 Å². The minimum atomic E-state index is -0.512. The number of amides is 1. The zero-order valence-corrected chi connectivity index (χ0v) is 16.2. The van der Waals surface area contributed by atoms with Gasteiger partial charge in [-0.15, -0.1) is 0 Å². The van der Waals surface area contributed by atoms with Gasteiger partial charge in [0.05, 0.1) is 6.20 Å². The zero-order valence-electron chi connectivity index (χ0n) is 16.2. The normalized spacial score (nSPS) is 15.3. The second-order valence-electron chi connectivity index (χ2n) is 7.72. The molecule has 5 N–H and O–H groups in total. The van der Waals surface area contributed by atoms with Crippen LogP contribution in [0.2, 0.25) is 0 Å². The predicted octanol–water partition coefficient (Wildman–Crippen LogP) is 1.61. The summed E-state index contributed by atoms with van der Waals surface area (Å²) in [5.41, 5.74) is 15.3. The fourth-order valence-corrected chi connectivity index (χ4v) is 2.85. The number of hydrogen-bond acceptors (Lipinski definition) is 7. The number of carbonyl (C=O) groups excluding carboxylic acids is 1. The van der Waals surface area contributed by atoms with Crippen LogP contribution in [-0.2, 0) is 11.2 Å². The number of fused-ring (bicyclic) bond motifs is 1. The Bertz CT molecular complexity index is 866. The van der Waals surface area contributed by atoms with E-state index in [2.05, 4.69) is 21.3 Å². The maximum atomic E-state index is 11.9. The number of nitrogens with two attached hydrogens (primary N) is 1. The maximum Gasteiger partial charge on any atom is 0.407 e. The number of hydrazine groups is 1. The summed E-state index contributed by atoms with van der Waals surface area (Å²) in [6, 6.07) is 1.78. The van der Waals surface area contributed by atoms with E-state index in [4.69, 9.17) is 15.5 Å². The van der Waals surface area contributed by atoms with Crippen LogP contribution in [0.5, 0.6) is 0 Å². The Morgan fingerprint density at radius 1 is 1.48 bits per heavy atom. The lowest BCUT2D eigenvalue weighted by molar-refractivity contribution is 0.0506. The summed E-state index contributed by atoms with van der Waals surface area (Å²) in [5, 5.41) is 7.18. The van der Waals surface area contributed by atoms with E-state index in [9.17, 15) is 4.79 Å².